The van der Waals surface area contributed by atoms with Gasteiger partial charge in [0, 0.05) is 6.54 Å². The summed E-state index contributed by atoms with van der Waals surface area (Å²) in [5.74, 6) is 0.161. The number of ether oxygens (including phenoxy) is 1. The zero-order valence-electron chi connectivity index (χ0n) is 10.2. The van der Waals surface area contributed by atoms with E-state index in [0.717, 1.165) is 0 Å². The van der Waals surface area contributed by atoms with Crippen LogP contribution in [-0.4, -0.2) is 40.8 Å². The lowest BCUT2D eigenvalue weighted by Crippen LogP contribution is -2.25. The van der Waals surface area contributed by atoms with Gasteiger partial charge in [0.15, 0.2) is 5.69 Å². The first-order valence-corrected chi connectivity index (χ1v) is 5.37. The van der Waals surface area contributed by atoms with Crippen molar-refractivity contribution >= 4 is 11.8 Å². The highest BCUT2D eigenvalue weighted by Crippen LogP contribution is 2.05. The summed E-state index contributed by atoms with van der Waals surface area (Å²) in [6, 6.07) is 0. The number of nitrogens with one attached hydrogen (secondary N) is 1. The lowest BCUT2D eigenvalue weighted by Gasteiger charge is -2.15. The van der Waals surface area contributed by atoms with E-state index >= 15 is 0 Å². The van der Waals surface area contributed by atoms with Crippen molar-refractivity contribution in [1.29, 1.82) is 0 Å². The van der Waals surface area contributed by atoms with E-state index < -0.39 is 12.1 Å². The summed E-state index contributed by atoms with van der Waals surface area (Å²) in [7, 11) is 1.29. The van der Waals surface area contributed by atoms with Crippen molar-refractivity contribution in [3.8, 4) is 0 Å². The van der Waals surface area contributed by atoms with Crippen LogP contribution in [0.15, 0.2) is 12.4 Å². The molecule has 1 aromatic rings. The molecule has 0 aliphatic heterocycles. The maximum Gasteiger partial charge on any atom is 0.358 e. The number of carbonyl (C=O) groups excluding carboxylic acids is 1. The summed E-state index contributed by atoms with van der Waals surface area (Å²) >= 11 is 0. The third-order valence-corrected chi connectivity index (χ3v) is 2.31. The molecule has 0 aliphatic carbocycles. The molecule has 1 aromatic heterocycles. The molecule has 0 aliphatic rings. The molecule has 0 spiro atoms. The first kappa shape index (κ1) is 13.4. The second-order valence-electron chi connectivity index (χ2n) is 3.97. The first-order valence-electron chi connectivity index (χ1n) is 5.37. The zero-order chi connectivity index (χ0) is 12.8. The number of hydrogen-bond donors (Lipinski definition) is 2. The van der Waals surface area contributed by atoms with Crippen molar-refractivity contribution < 1.29 is 14.6 Å². The van der Waals surface area contributed by atoms with Gasteiger partial charge in [-0.3, -0.25) is 0 Å². The Hall–Kier alpha value is -1.69. The van der Waals surface area contributed by atoms with E-state index in [1.165, 1.54) is 19.5 Å². The maximum atomic E-state index is 11.1. The highest BCUT2D eigenvalue weighted by molar-refractivity contribution is 5.86. The fraction of sp³-hybridized carbons (Fsp3) is 0.545. The molecule has 1 heterocycles. The predicted octanol–water partition coefficient (Wildman–Crippen LogP) is 0.692. The van der Waals surface area contributed by atoms with Crippen LogP contribution in [0.25, 0.3) is 0 Å². The van der Waals surface area contributed by atoms with Gasteiger partial charge in [-0.2, -0.15) is 0 Å². The third kappa shape index (κ3) is 3.99. The van der Waals surface area contributed by atoms with Crippen LogP contribution >= 0.6 is 0 Å². The molecule has 6 heteroatoms. The Morgan fingerprint density at radius 3 is 2.65 bits per heavy atom. The molecule has 94 valence electrons. The van der Waals surface area contributed by atoms with Gasteiger partial charge in [-0.1, -0.05) is 13.8 Å². The minimum absolute atomic E-state index is 0.155. The van der Waals surface area contributed by atoms with Crippen LogP contribution in [0.5, 0.6) is 0 Å². The molecule has 2 N–H and O–H groups in total. The maximum absolute atomic E-state index is 11.1. The van der Waals surface area contributed by atoms with Crippen LogP contribution in [0.1, 0.15) is 24.3 Å². The molecule has 6 nitrogen and oxygen atoms in total. The number of hydrogen-bond acceptors (Lipinski definition) is 6. The molecular formula is C11H17N3O3. The number of carbonyl (C=O) groups is 1. The molecule has 1 rings (SSSR count). The number of aromatic nitrogens is 2. The van der Waals surface area contributed by atoms with Gasteiger partial charge in [-0.15, -0.1) is 0 Å². The molecule has 0 fully saturated rings. The van der Waals surface area contributed by atoms with Gasteiger partial charge in [-0.05, 0) is 5.92 Å². The number of esters is 1. The third-order valence-electron chi connectivity index (χ3n) is 2.31. The summed E-state index contributed by atoms with van der Waals surface area (Å²) in [5.41, 5.74) is 0.155. The van der Waals surface area contributed by atoms with E-state index in [9.17, 15) is 9.90 Å². The highest BCUT2D eigenvalue weighted by atomic mass is 16.5. The largest absolute Gasteiger partial charge is 0.464 e. The zero-order valence-corrected chi connectivity index (χ0v) is 10.2. The average molecular weight is 239 g/mol. The fourth-order valence-electron chi connectivity index (χ4n) is 1.07. The Balaban J connectivity index is 2.54. The van der Waals surface area contributed by atoms with Gasteiger partial charge in [0.25, 0.3) is 0 Å². The summed E-state index contributed by atoms with van der Waals surface area (Å²) in [6.45, 7) is 4.25. The van der Waals surface area contributed by atoms with E-state index in [2.05, 4.69) is 20.0 Å². The van der Waals surface area contributed by atoms with Crippen LogP contribution in [0.3, 0.4) is 0 Å². The number of aliphatic hydroxyl groups is 1. The molecule has 1 atom stereocenters. The molecule has 0 saturated carbocycles. The van der Waals surface area contributed by atoms with Crippen molar-refractivity contribution in [1.82, 2.24) is 9.97 Å². The smallest absolute Gasteiger partial charge is 0.358 e. The van der Waals surface area contributed by atoms with Crippen LogP contribution in [0, 0.1) is 5.92 Å². The molecule has 17 heavy (non-hydrogen) atoms. The van der Waals surface area contributed by atoms with Gasteiger partial charge in [0.1, 0.15) is 5.82 Å². The second-order valence-corrected chi connectivity index (χ2v) is 3.97. The molecule has 0 saturated heterocycles. The van der Waals surface area contributed by atoms with Crippen LogP contribution in [-0.2, 0) is 4.74 Å². The number of aliphatic hydroxyl groups excluding tert-OH is 1. The van der Waals surface area contributed by atoms with Crippen LogP contribution < -0.4 is 5.32 Å². The Kier molecular flexibility index (Phi) is 4.84. The van der Waals surface area contributed by atoms with Gasteiger partial charge in [-0.25, -0.2) is 14.8 Å². The Morgan fingerprint density at radius 1 is 1.47 bits per heavy atom. The molecule has 0 aromatic carbocycles. The molecule has 0 amide bonds. The van der Waals surface area contributed by atoms with Crippen molar-refractivity contribution in [3.05, 3.63) is 18.1 Å². The lowest BCUT2D eigenvalue weighted by molar-refractivity contribution is 0.0593. The molecule has 0 bridgehead atoms. The SMILES string of the molecule is COC(=O)c1cnc(NCC(O)C(C)C)cn1. The highest BCUT2D eigenvalue weighted by Gasteiger charge is 2.10. The van der Waals surface area contributed by atoms with Gasteiger partial charge < -0.3 is 15.2 Å². The number of rotatable bonds is 5. The Labute approximate surface area is 100 Å². The van der Waals surface area contributed by atoms with E-state index in [1.54, 1.807) is 0 Å². The normalized spacial score (nSPS) is 12.3. The van der Waals surface area contributed by atoms with Gasteiger partial charge in [0.05, 0.1) is 25.6 Å². The fourth-order valence-corrected chi connectivity index (χ4v) is 1.07. The van der Waals surface area contributed by atoms with Crippen molar-refractivity contribution in [2.45, 2.75) is 20.0 Å². The summed E-state index contributed by atoms with van der Waals surface area (Å²) < 4.78 is 4.50. The van der Waals surface area contributed by atoms with E-state index in [4.69, 9.17) is 0 Å². The van der Waals surface area contributed by atoms with Crippen molar-refractivity contribution in [2.75, 3.05) is 19.0 Å². The quantitative estimate of drug-likeness (QED) is 0.735. The standard InChI is InChI=1S/C11H17N3O3/c1-7(2)9(15)5-14-10-6-12-8(4-13-10)11(16)17-3/h4,6-7,9,15H,5H2,1-3H3,(H,13,14). The second kappa shape index (κ2) is 6.15. The van der Waals surface area contributed by atoms with Crippen LogP contribution in [0.2, 0.25) is 0 Å². The van der Waals surface area contributed by atoms with Crippen molar-refractivity contribution in [3.63, 3.8) is 0 Å². The monoisotopic (exact) mass is 239 g/mol. The Bertz CT molecular complexity index is 365. The van der Waals surface area contributed by atoms with Gasteiger partial charge >= 0.3 is 5.97 Å². The topological polar surface area (TPSA) is 84.3 Å². The molecular weight excluding hydrogens is 222 g/mol. The number of methoxy groups -OCH3 is 1. The van der Waals surface area contributed by atoms with Gasteiger partial charge in [0.2, 0.25) is 0 Å². The average Bonchev–Trinajstić information content (AvgIpc) is 2.35. The minimum atomic E-state index is -0.522. The minimum Gasteiger partial charge on any atom is -0.464 e. The summed E-state index contributed by atoms with van der Waals surface area (Å²) in [5, 5.41) is 12.5. The van der Waals surface area contributed by atoms with Crippen LogP contribution in [0.4, 0.5) is 5.82 Å². The summed E-state index contributed by atoms with van der Waals surface area (Å²) in [6.07, 6.45) is 2.31. The van der Waals surface area contributed by atoms with E-state index in [-0.39, 0.29) is 11.6 Å². The first-order chi connectivity index (χ1) is 8.04. The Morgan fingerprint density at radius 2 is 2.18 bits per heavy atom. The predicted molar refractivity (Wildman–Crippen MR) is 62.7 cm³/mol. The van der Waals surface area contributed by atoms with E-state index in [0.29, 0.717) is 12.4 Å². The lowest BCUT2D eigenvalue weighted by atomic mass is 10.1. The molecule has 0 radical (unpaired) electrons. The number of anilines is 1. The summed E-state index contributed by atoms with van der Waals surface area (Å²) in [4.78, 5) is 19.0. The molecule has 1 unspecified atom stereocenters. The number of nitrogens with zero attached hydrogens (tertiary/aromatic N) is 2. The van der Waals surface area contributed by atoms with E-state index in [1.807, 2.05) is 13.8 Å². The van der Waals surface area contributed by atoms with Crippen molar-refractivity contribution in [2.24, 2.45) is 5.92 Å².